The van der Waals surface area contributed by atoms with Crippen LogP contribution in [0.15, 0.2) is 53.8 Å². The first kappa shape index (κ1) is 34.6. The first-order chi connectivity index (χ1) is 22.1. The highest BCUT2D eigenvalue weighted by atomic mass is 35.5. The number of aliphatic carboxylic acids is 1. The van der Waals surface area contributed by atoms with E-state index in [1.807, 2.05) is 13.0 Å². The van der Waals surface area contributed by atoms with Crippen LogP contribution in [0.2, 0.25) is 5.02 Å². The van der Waals surface area contributed by atoms with Crippen molar-refractivity contribution in [3.8, 4) is 22.5 Å². The molecule has 248 valence electrons. The molecule has 4 N–H and O–H groups in total. The number of carbonyl (C=O) groups is 3. The summed E-state index contributed by atoms with van der Waals surface area (Å²) in [6, 6.07) is 6.75. The number of hydrogen-bond acceptors (Lipinski definition) is 7. The highest BCUT2D eigenvalue weighted by Crippen LogP contribution is 2.35. The van der Waals surface area contributed by atoms with Gasteiger partial charge in [-0.1, -0.05) is 24.9 Å². The highest BCUT2D eigenvalue weighted by molar-refractivity contribution is 6.31. The summed E-state index contributed by atoms with van der Waals surface area (Å²) in [5, 5.41) is 25.4. The van der Waals surface area contributed by atoms with Crippen molar-refractivity contribution in [3.05, 3.63) is 75.9 Å². The van der Waals surface area contributed by atoms with Gasteiger partial charge >= 0.3 is 18.2 Å². The molecule has 1 aliphatic rings. The fraction of sp³-hybridized carbons (Fsp3) is 0.276. The molecule has 2 atom stereocenters. The van der Waals surface area contributed by atoms with Crippen molar-refractivity contribution in [2.75, 3.05) is 10.6 Å². The van der Waals surface area contributed by atoms with Gasteiger partial charge in [0.15, 0.2) is 5.82 Å². The molecular weight excluding hydrogens is 654 g/mol. The number of carboxylic acid groups (broad SMARTS) is 2. The molecule has 13 nitrogen and oxygen atoms in total. The van der Waals surface area contributed by atoms with Crippen LogP contribution in [0.1, 0.15) is 37.9 Å². The molecule has 0 saturated heterocycles. The standard InChI is InChI=1S/C27H25ClFN7O4.C2HF3O2/c1-14-4-3-5-21(18-10-15(8-9-30-18)25-20(33-26(14)38)12-32-35(25)2)36-13-31-19(11-22(36)37)23-17(34-27(39)40)7-6-16(28)24(23)29;3-2(4,5)1(6)7/h6-14,21,34H,3-5H2,1-2H3,(H,33,38)(H,39,40);(H,6,7)/t14-,21+;/m1./s1. The molecule has 2 amide bonds. The van der Waals surface area contributed by atoms with Gasteiger partial charge < -0.3 is 15.5 Å². The first-order valence-electron chi connectivity index (χ1n) is 13.7. The molecule has 18 heteroatoms. The van der Waals surface area contributed by atoms with Gasteiger partial charge in [-0.15, -0.1) is 0 Å². The Kier molecular flexibility index (Phi) is 10.3. The van der Waals surface area contributed by atoms with Crippen molar-refractivity contribution in [2.45, 2.75) is 38.4 Å². The molecule has 4 aromatic rings. The lowest BCUT2D eigenvalue weighted by Gasteiger charge is -2.22. The fourth-order valence-electron chi connectivity index (χ4n) is 4.88. The van der Waals surface area contributed by atoms with Gasteiger partial charge in [0.25, 0.3) is 5.56 Å². The van der Waals surface area contributed by atoms with Crippen molar-refractivity contribution in [2.24, 2.45) is 13.0 Å². The summed E-state index contributed by atoms with van der Waals surface area (Å²) in [5.41, 5.74) is 1.71. The summed E-state index contributed by atoms with van der Waals surface area (Å²) in [7, 11) is 1.77. The topological polar surface area (TPSA) is 181 Å². The normalized spacial score (nSPS) is 16.4. The van der Waals surface area contributed by atoms with Gasteiger partial charge in [-0.3, -0.25) is 29.1 Å². The maximum Gasteiger partial charge on any atom is 0.490 e. The molecule has 1 aliphatic heterocycles. The van der Waals surface area contributed by atoms with Crippen LogP contribution in [0.4, 0.5) is 33.7 Å². The van der Waals surface area contributed by atoms with Gasteiger partial charge in [-0.05, 0) is 37.1 Å². The first-order valence-corrected chi connectivity index (χ1v) is 14.1. The summed E-state index contributed by atoms with van der Waals surface area (Å²) in [4.78, 5) is 55.3. The number of fused-ring (bicyclic) bond motifs is 4. The van der Waals surface area contributed by atoms with Crippen LogP contribution < -0.4 is 16.2 Å². The van der Waals surface area contributed by atoms with Crippen molar-refractivity contribution >= 4 is 40.9 Å². The quantitative estimate of drug-likeness (QED) is 0.201. The monoisotopic (exact) mass is 679 g/mol. The van der Waals surface area contributed by atoms with Crippen molar-refractivity contribution in [3.63, 3.8) is 0 Å². The van der Waals surface area contributed by atoms with Crippen LogP contribution in [0, 0.1) is 11.7 Å². The molecular formula is C29H26ClF4N7O6. The number of carbonyl (C=O) groups excluding carboxylic acids is 1. The summed E-state index contributed by atoms with van der Waals surface area (Å²) < 4.78 is 49.8. The molecule has 2 bridgehead atoms. The second-order valence-electron chi connectivity index (χ2n) is 10.4. The van der Waals surface area contributed by atoms with Crippen LogP contribution in [-0.4, -0.2) is 58.7 Å². The van der Waals surface area contributed by atoms with Gasteiger partial charge in [-0.25, -0.2) is 19.0 Å². The number of carboxylic acids is 1. The molecule has 47 heavy (non-hydrogen) atoms. The van der Waals surface area contributed by atoms with E-state index in [1.165, 1.54) is 23.0 Å². The minimum atomic E-state index is -5.08. The lowest BCUT2D eigenvalue weighted by Crippen LogP contribution is -2.27. The van der Waals surface area contributed by atoms with Crippen molar-refractivity contribution in [1.29, 1.82) is 0 Å². The Hall–Kier alpha value is -5.32. The molecule has 0 unspecified atom stereocenters. The molecule has 0 saturated carbocycles. The average molecular weight is 680 g/mol. The van der Waals surface area contributed by atoms with Crippen LogP contribution >= 0.6 is 11.6 Å². The number of pyridine rings is 1. The second kappa shape index (κ2) is 14.0. The Balaban J connectivity index is 0.000000644. The van der Waals surface area contributed by atoms with Gasteiger partial charge in [0.1, 0.15) is 0 Å². The van der Waals surface area contributed by atoms with Crippen molar-refractivity contribution < 1.29 is 42.2 Å². The highest BCUT2D eigenvalue weighted by Gasteiger charge is 2.38. The van der Waals surface area contributed by atoms with Crippen LogP contribution in [-0.2, 0) is 16.6 Å². The van der Waals surface area contributed by atoms with E-state index in [4.69, 9.17) is 21.5 Å². The predicted octanol–water partition coefficient (Wildman–Crippen LogP) is 5.57. The number of aryl methyl sites for hydroxylation is 1. The summed E-state index contributed by atoms with van der Waals surface area (Å²) >= 11 is 5.95. The van der Waals surface area contributed by atoms with E-state index < -0.39 is 35.7 Å². The van der Waals surface area contributed by atoms with Crippen LogP contribution in [0.5, 0.6) is 0 Å². The molecule has 4 heterocycles. The van der Waals surface area contributed by atoms with Gasteiger partial charge in [0, 0.05) is 30.8 Å². The van der Waals surface area contributed by atoms with E-state index in [1.54, 1.807) is 30.2 Å². The Morgan fingerprint density at radius 1 is 1.11 bits per heavy atom. The Morgan fingerprint density at radius 2 is 1.81 bits per heavy atom. The smallest absolute Gasteiger partial charge is 0.475 e. The minimum Gasteiger partial charge on any atom is -0.475 e. The van der Waals surface area contributed by atoms with Crippen LogP contribution in [0.3, 0.4) is 0 Å². The van der Waals surface area contributed by atoms with Gasteiger partial charge in [0.05, 0.1) is 57.6 Å². The number of alkyl halides is 3. The number of amides is 2. The number of nitrogens with one attached hydrogen (secondary N) is 2. The SMILES string of the molecule is C[C@@H]1CCC[C@H](n2cnc(-c3c(NC(=O)O)ccc(Cl)c3F)cc2=O)c2cc(ccn2)-c2c(cnn2C)NC1=O.O=C(O)C(F)(F)F. The largest absolute Gasteiger partial charge is 0.490 e. The fourth-order valence-corrected chi connectivity index (χ4v) is 5.04. The predicted molar refractivity (Wildman–Crippen MR) is 160 cm³/mol. The number of anilines is 2. The minimum absolute atomic E-state index is 0.0790. The number of rotatable bonds is 3. The van der Waals surface area contributed by atoms with Crippen LogP contribution in [0.25, 0.3) is 22.5 Å². The van der Waals surface area contributed by atoms with Gasteiger partial charge in [0.2, 0.25) is 5.91 Å². The number of hydrogen-bond donors (Lipinski definition) is 4. The lowest BCUT2D eigenvalue weighted by atomic mass is 9.97. The third-order valence-corrected chi connectivity index (χ3v) is 7.45. The van der Waals surface area contributed by atoms with E-state index in [-0.39, 0.29) is 33.8 Å². The molecule has 1 aromatic carbocycles. The average Bonchev–Trinajstić information content (AvgIpc) is 3.36. The zero-order valence-corrected chi connectivity index (χ0v) is 25.3. The van der Waals surface area contributed by atoms with E-state index in [0.29, 0.717) is 36.3 Å². The zero-order chi connectivity index (χ0) is 34.6. The lowest BCUT2D eigenvalue weighted by molar-refractivity contribution is -0.192. The Morgan fingerprint density at radius 3 is 2.45 bits per heavy atom. The number of benzene rings is 1. The number of aromatic nitrogens is 5. The molecule has 5 rings (SSSR count). The van der Waals surface area contributed by atoms with E-state index in [9.17, 15) is 32.7 Å². The molecule has 3 aromatic heterocycles. The molecule has 0 fully saturated rings. The second-order valence-corrected chi connectivity index (χ2v) is 10.8. The molecule has 0 spiro atoms. The number of halogens is 5. The van der Waals surface area contributed by atoms with E-state index in [0.717, 1.165) is 11.6 Å². The summed E-state index contributed by atoms with van der Waals surface area (Å²) in [6.07, 6.45) is -0.328. The Bertz CT molecular complexity index is 1900. The van der Waals surface area contributed by atoms with Crippen molar-refractivity contribution in [1.82, 2.24) is 24.3 Å². The zero-order valence-electron chi connectivity index (χ0n) is 24.5. The molecule has 0 radical (unpaired) electrons. The summed E-state index contributed by atoms with van der Waals surface area (Å²) in [6.45, 7) is 1.84. The summed E-state index contributed by atoms with van der Waals surface area (Å²) in [5.74, 6) is -4.08. The van der Waals surface area contributed by atoms with E-state index in [2.05, 4.69) is 25.7 Å². The third-order valence-electron chi connectivity index (χ3n) is 7.16. The maximum absolute atomic E-state index is 15.0. The third kappa shape index (κ3) is 7.92. The van der Waals surface area contributed by atoms with Gasteiger partial charge in [-0.2, -0.15) is 18.3 Å². The van der Waals surface area contributed by atoms with E-state index >= 15 is 4.39 Å². The number of nitrogens with zero attached hydrogens (tertiary/aromatic N) is 5. The Labute approximate surface area is 267 Å². The molecule has 0 aliphatic carbocycles. The maximum atomic E-state index is 15.0.